The zero-order valence-corrected chi connectivity index (χ0v) is 7.43. The molecule has 0 spiro atoms. The number of carbonyl (C=O) groups is 2. The molecule has 0 aromatic carbocycles. The molecule has 6 heteroatoms. The molecule has 0 unspecified atom stereocenters. The summed E-state index contributed by atoms with van der Waals surface area (Å²) in [5.41, 5.74) is 4.85. The summed E-state index contributed by atoms with van der Waals surface area (Å²) in [6.07, 6.45) is -0.0248. The molecule has 1 amide bonds. The Kier molecular flexibility index (Phi) is 5.01. The van der Waals surface area contributed by atoms with E-state index in [1.54, 1.807) is 6.92 Å². The summed E-state index contributed by atoms with van der Waals surface area (Å²) in [6, 6.07) is -1.06. The van der Waals surface area contributed by atoms with E-state index in [-0.39, 0.29) is 19.4 Å². The van der Waals surface area contributed by atoms with E-state index < -0.39 is 17.9 Å². The van der Waals surface area contributed by atoms with Crippen molar-refractivity contribution in [3.63, 3.8) is 0 Å². The molecule has 0 aromatic heterocycles. The lowest BCUT2D eigenvalue weighted by molar-refractivity contribution is -0.169. The van der Waals surface area contributed by atoms with Gasteiger partial charge in [0, 0.05) is 13.0 Å². The van der Waals surface area contributed by atoms with Crippen molar-refractivity contribution in [2.24, 2.45) is 5.73 Å². The number of rotatable bonds is 6. The fraction of sp³-hybridized carbons (Fsp3) is 0.714. The van der Waals surface area contributed by atoms with Crippen molar-refractivity contribution < 1.29 is 19.9 Å². The number of primary amides is 1. The number of hydrogen-bond donors (Lipinski definition) is 3. The Morgan fingerprint density at radius 1 is 1.54 bits per heavy atom. The molecule has 1 atom stereocenters. The first-order chi connectivity index (χ1) is 5.99. The second kappa shape index (κ2) is 5.50. The molecule has 0 aliphatic heterocycles. The van der Waals surface area contributed by atoms with Crippen LogP contribution in [-0.4, -0.2) is 39.8 Å². The zero-order valence-electron chi connectivity index (χ0n) is 7.43. The Balaban J connectivity index is 4.10. The summed E-state index contributed by atoms with van der Waals surface area (Å²) in [5.74, 6) is -1.73. The van der Waals surface area contributed by atoms with Gasteiger partial charge in [-0.05, 0) is 6.42 Å². The summed E-state index contributed by atoms with van der Waals surface area (Å²) in [7, 11) is 0. The SMILES string of the molecule is CCN(O)[C@@H](CCC(N)=O)C(=O)O. The molecule has 0 saturated carbocycles. The Hall–Kier alpha value is -1.14. The maximum atomic E-state index is 10.6. The number of hydrogen-bond acceptors (Lipinski definition) is 4. The molecular formula is C7H14N2O4. The van der Waals surface area contributed by atoms with Crippen LogP contribution in [0.15, 0.2) is 0 Å². The second-order valence-electron chi connectivity index (χ2n) is 2.61. The van der Waals surface area contributed by atoms with Gasteiger partial charge in [-0.15, -0.1) is 0 Å². The summed E-state index contributed by atoms with van der Waals surface area (Å²) >= 11 is 0. The predicted molar refractivity (Wildman–Crippen MR) is 44.0 cm³/mol. The van der Waals surface area contributed by atoms with E-state index >= 15 is 0 Å². The molecule has 0 radical (unpaired) electrons. The molecule has 4 N–H and O–H groups in total. The van der Waals surface area contributed by atoms with E-state index in [0.717, 1.165) is 0 Å². The Morgan fingerprint density at radius 3 is 2.38 bits per heavy atom. The standard InChI is InChI=1S/C7H14N2O4/c1-2-9(13)5(7(11)12)3-4-6(8)10/h5,13H,2-4H2,1H3,(H2,8,10)(H,11,12)/t5-/m0/s1. The van der Waals surface area contributed by atoms with E-state index in [4.69, 9.17) is 16.0 Å². The van der Waals surface area contributed by atoms with Gasteiger partial charge in [-0.25, -0.2) is 0 Å². The largest absolute Gasteiger partial charge is 0.480 e. The van der Waals surface area contributed by atoms with Crippen LogP contribution in [0.5, 0.6) is 0 Å². The Morgan fingerprint density at radius 2 is 2.08 bits per heavy atom. The molecule has 0 rings (SSSR count). The van der Waals surface area contributed by atoms with Crippen LogP contribution in [0.25, 0.3) is 0 Å². The van der Waals surface area contributed by atoms with E-state index in [0.29, 0.717) is 5.06 Å². The van der Waals surface area contributed by atoms with Gasteiger partial charge in [-0.2, -0.15) is 5.06 Å². The zero-order chi connectivity index (χ0) is 10.4. The minimum absolute atomic E-state index is 0.0228. The van der Waals surface area contributed by atoms with Crippen LogP contribution in [0.1, 0.15) is 19.8 Å². The smallest absolute Gasteiger partial charge is 0.323 e. The number of aliphatic carboxylic acids is 1. The number of hydroxylamine groups is 2. The number of amides is 1. The maximum Gasteiger partial charge on any atom is 0.323 e. The molecule has 13 heavy (non-hydrogen) atoms. The van der Waals surface area contributed by atoms with Gasteiger partial charge in [0.1, 0.15) is 6.04 Å². The second-order valence-corrected chi connectivity index (χ2v) is 2.61. The van der Waals surface area contributed by atoms with Gasteiger partial charge in [-0.3, -0.25) is 9.59 Å². The average molecular weight is 190 g/mol. The molecule has 0 heterocycles. The van der Waals surface area contributed by atoms with Crippen LogP contribution < -0.4 is 5.73 Å². The highest BCUT2D eigenvalue weighted by molar-refractivity contribution is 5.77. The van der Waals surface area contributed by atoms with Crippen molar-refractivity contribution in [2.75, 3.05) is 6.54 Å². The van der Waals surface area contributed by atoms with E-state index in [1.165, 1.54) is 0 Å². The number of carboxylic acid groups (broad SMARTS) is 1. The molecule has 0 aliphatic carbocycles. The van der Waals surface area contributed by atoms with Crippen molar-refractivity contribution in [2.45, 2.75) is 25.8 Å². The highest BCUT2D eigenvalue weighted by Gasteiger charge is 2.23. The van der Waals surface area contributed by atoms with Gasteiger partial charge in [0.2, 0.25) is 5.91 Å². The summed E-state index contributed by atoms with van der Waals surface area (Å²) in [4.78, 5) is 20.9. The minimum atomic E-state index is -1.16. The Bertz CT molecular complexity index is 195. The fourth-order valence-electron chi connectivity index (χ4n) is 0.899. The average Bonchev–Trinajstić information content (AvgIpc) is 2.03. The molecular weight excluding hydrogens is 176 g/mol. The van der Waals surface area contributed by atoms with Crippen molar-refractivity contribution in [1.29, 1.82) is 0 Å². The molecule has 0 saturated heterocycles. The Labute approximate surface area is 75.9 Å². The molecule has 0 aliphatic rings. The number of carboxylic acids is 1. The lowest BCUT2D eigenvalue weighted by Crippen LogP contribution is -2.39. The minimum Gasteiger partial charge on any atom is -0.480 e. The van der Waals surface area contributed by atoms with Gasteiger partial charge in [0.25, 0.3) is 0 Å². The summed E-state index contributed by atoms with van der Waals surface area (Å²) < 4.78 is 0. The van der Waals surface area contributed by atoms with Gasteiger partial charge in [0.05, 0.1) is 0 Å². The van der Waals surface area contributed by atoms with Gasteiger partial charge < -0.3 is 16.0 Å². The first-order valence-corrected chi connectivity index (χ1v) is 3.95. The molecule has 0 fully saturated rings. The first kappa shape index (κ1) is 11.9. The third kappa shape index (κ3) is 4.44. The van der Waals surface area contributed by atoms with E-state index in [1.807, 2.05) is 0 Å². The molecule has 6 nitrogen and oxygen atoms in total. The topological polar surface area (TPSA) is 104 Å². The monoisotopic (exact) mass is 190 g/mol. The lowest BCUT2D eigenvalue weighted by atomic mass is 10.1. The van der Waals surface area contributed by atoms with Crippen LogP contribution in [0.3, 0.4) is 0 Å². The quantitative estimate of drug-likeness (QED) is 0.486. The van der Waals surface area contributed by atoms with Crippen LogP contribution in [-0.2, 0) is 9.59 Å². The van der Waals surface area contributed by atoms with Gasteiger partial charge in [-0.1, -0.05) is 6.92 Å². The lowest BCUT2D eigenvalue weighted by Gasteiger charge is -2.20. The number of nitrogens with two attached hydrogens (primary N) is 1. The highest BCUT2D eigenvalue weighted by Crippen LogP contribution is 2.04. The van der Waals surface area contributed by atoms with Crippen molar-refractivity contribution in [1.82, 2.24) is 5.06 Å². The van der Waals surface area contributed by atoms with Crippen LogP contribution in [0.2, 0.25) is 0 Å². The van der Waals surface area contributed by atoms with Crippen molar-refractivity contribution in [3.8, 4) is 0 Å². The predicted octanol–water partition coefficient (Wildman–Crippen LogP) is -0.584. The van der Waals surface area contributed by atoms with Crippen LogP contribution >= 0.6 is 0 Å². The normalized spacial score (nSPS) is 12.8. The van der Waals surface area contributed by atoms with Gasteiger partial charge in [0.15, 0.2) is 0 Å². The van der Waals surface area contributed by atoms with Crippen LogP contribution in [0, 0.1) is 0 Å². The number of nitrogens with zero attached hydrogens (tertiary/aromatic N) is 1. The van der Waals surface area contributed by atoms with Crippen LogP contribution in [0.4, 0.5) is 0 Å². The van der Waals surface area contributed by atoms with Crippen molar-refractivity contribution >= 4 is 11.9 Å². The summed E-state index contributed by atoms with van der Waals surface area (Å²) in [5, 5.41) is 18.4. The van der Waals surface area contributed by atoms with E-state index in [2.05, 4.69) is 0 Å². The van der Waals surface area contributed by atoms with Crippen molar-refractivity contribution in [3.05, 3.63) is 0 Å². The molecule has 76 valence electrons. The number of carbonyl (C=O) groups excluding carboxylic acids is 1. The van der Waals surface area contributed by atoms with E-state index in [9.17, 15) is 9.59 Å². The third-order valence-electron chi connectivity index (χ3n) is 1.63. The molecule has 0 bridgehead atoms. The maximum absolute atomic E-state index is 10.6. The number of likely N-dealkylation sites (N-methyl/N-ethyl adjacent to an activating group) is 1. The fourth-order valence-corrected chi connectivity index (χ4v) is 0.899. The third-order valence-corrected chi connectivity index (χ3v) is 1.63. The highest BCUT2D eigenvalue weighted by atomic mass is 16.5. The first-order valence-electron chi connectivity index (χ1n) is 3.95. The summed E-state index contributed by atoms with van der Waals surface area (Å²) in [6.45, 7) is 1.80. The molecule has 0 aromatic rings. The van der Waals surface area contributed by atoms with Gasteiger partial charge >= 0.3 is 5.97 Å².